The topological polar surface area (TPSA) is 80.3 Å². The van der Waals surface area contributed by atoms with Crippen molar-refractivity contribution in [2.24, 2.45) is 0 Å². The molecule has 0 aliphatic carbocycles. The van der Waals surface area contributed by atoms with Crippen molar-refractivity contribution in [2.45, 2.75) is 26.4 Å². The van der Waals surface area contributed by atoms with Gasteiger partial charge in [-0.2, -0.15) is 0 Å². The normalized spacial score (nSPS) is 16.9. The molecule has 1 unspecified atom stereocenters. The van der Waals surface area contributed by atoms with Gasteiger partial charge < -0.3 is 9.47 Å². The zero-order valence-corrected chi connectivity index (χ0v) is 15.0. The lowest BCUT2D eigenvalue weighted by Gasteiger charge is -2.35. The maximum absolute atomic E-state index is 12.9. The van der Waals surface area contributed by atoms with Crippen molar-refractivity contribution in [1.82, 2.24) is 29.7 Å². The van der Waals surface area contributed by atoms with E-state index in [-0.39, 0.29) is 11.9 Å². The summed E-state index contributed by atoms with van der Waals surface area (Å²) in [5.41, 5.74) is 3.58. The van der Waals surface area contributed by atoms with Crippen LogP contribution in [0.25, 0.3) is 11.0 Å². The van der Waals surface area contributed by atoms with Crippen LogP contribution in [-0.2, 0) is 11.3 Å². The van der Waals surface area contributed by atoms with Gasteiger partial charge in [-0.3, -0.25) is 9.69 Å². The summed E-state index contributed by atoms with van der Waals surface area (Å²) < 4.78 is 6.71. The summed E-state index contributed by atoms with van der Waals surface area (Å²) in [6.07, 6.45) is 1.75. The molecule has 136 valence electrons. The van der Waals surface area contributed by atoms with Crippen LogP contribution >= 0.6 is 0 Å². The highest BCUT2D eigenvalue weighted by atomic mass is 16.6. The molecule has 0 radical (unpaired) electrons. The van der Waals surface area contributed by atoms with Crippen LogP contribution in [0.2, 0.25) is 0 Å². The Bertz CT molecular complexity index is 909. The van der Waals surface area contributed by atoms with Gasteiger partial charge in [-0.15, -0.1) is 0 Å². The van der Waals surface area contributed by atoms with E-state index in [1.165, 1.54) is 0 Å². The van der Waals surface area contributed by atoms with E-state index >= 15 is 0 Å². The molecule has 8 nitrogen and oxygen atoms in total. The maximum Gasteiger partial charge on any atom is 0.245 e. The molecule has 2 aromatic heterocycles. The van der Waals surface area contributed by atoms with E-state index in [4.69, 9.17) is 4.63 Å². The van der Waals surface area contributed by atoms with Crippen LogP contribution in [-0.4, -0.2) is 61.8 Å². The molecule has 1 amide bonds. The monoisotopic (exact) mass is 354 g/mol. The fourth-order valence-corrected chi connectivity index (χ4v) is 3.40. The Balaban J connectivity index is 1.39. The second kappa shape index (κ2) is 6.87. The smallest absolute Gasteiger partial charge is 0.245 e. The van der Waals surface area contributed by atoms with Crippen molar-refractivity contribution >= 4 is 16.9 Å². The van der Waals surface area contributed by atoms with Gasteiger partial charge in [-0.1, -0.05) is 22.4 Å². The molecule has 1 aliphatic rings. The number of piperazine rings is 1. The number of amides is 1. The third-order valence-electron chi connectivity index (χ3n) is 5.06. The quantitative estimate of drug-likeness (QED) is 0.708. The minimum Gasteiger partial charge on any atom is -0.338 e. The predicted octanol–water partition coefficient (Wildman–Crippen LogP) is 1.63. The third kappa shape index (κ3) is 3.08. The first kappa shape index (κ1) is 16.7. The van der Waals surface area contributed by atoms with Crippen LogP contribution in [0.5, 0.6) is 0 Å². The van der Waals surface area contributed by atoms with Gasteiger partial charge in [0.1, 0.15) is 17.4 Å². The number of hydrogen-bond donors (Lipinski definition) is 0. The summed E-state index contributed by atoms with van der Waals surface area (Å²) >= 11 is 0. The Labute approximate surface area is 151 Å². The molecule has 1 aliphatic heterocycles. The Morgan fingerprint density at radius 2 is 1.96 bits per heavy atom. The van der Waals surface area contributed by atoms with Gasteiger partial charge >= 0.3 is 0 Å². The highest BCUT2D eigenvalue weighted by Crippen LogP contribution is 2.20. The van der Waals surface area contributed by atoms with Crippen molar-refractivity contribution in [2.75, 3.05) is 26.2 Å². The first-order valence-corrected chi connectivity index (χ1v) is 8.84. The highest BCUT2D eigenvalue weighted by Gasteiger charge is 2.27. The average Bonchev–Trinajstić information content (AvgIpc) is 3.28. The number of aryl methyl sites for hydroxylation is 1. The standard InChI is InChI=1S/C18H22N6O2/c1-13-16(21-26-20-13)11-22-7-9-23(10-8-22)18(25)14(2)24-12-19-15-5-3-4-6-17(15)24/h3-6,12,14H,7-11H2,1-2H3. The summed E-state index contributed by atoms with van der Waals surface area (Å²) in [7, 11) is 0. The van der Waals surface area contributed by atoms with E-state index < -0.39 is 0 Å². The molecule has 1 atom stereocenters. The van der Waals surface area contributed by atoms with Crippen LogP contribution in [0.4, 0.5) is 0 Å². The van der Waals surface area contributed by atoms with E-state index in [0.29, 0.717) is 19.6 Å². The molecule has 4 rings (SSSR count). The van der Waals surface area contributed by atoms with Gasteiger partial charge in [0, 0.05) is 32.7 Å². The summed E-state index contributed by atoms with van der Waals surface area (Å²) in [4.78, 5) is 21.5. The summed E-state index contributed by atoms with van der Waals surface area (Å²) in [5, 5.41) is 7.75. The molecule has 0 bridgehead atoms. The third-order valence-corrected chi connectivity index (χ3v) is 5.06. The van der Waals surface area contributed by atoms with Gasteiger partial charge in [0.15, 0.2) is 0 Å². The zero-order chi connectivity index (χ0) is 18.1. The fraction of sp³-hybridized carbons (Fsp3) is 0.444. The molecule has 0 saturated carbocycles. The summed E-state index contributed by atoms with van der Waals surface area (Å²) in [6, 6.07) is 7.62. The second-order valence-electron chi connectivity index (χ2n) is 6.71. The fourth-order valence-electron chi connectivity index (χ4n) is 3.40. The SMILES string of the molecule is Cc1nonc1CN1CCN(C(=O)C(C)n2cnc3ccccc32)CC1. The van der Waals surface area contributed by atoms with Gasteiger partial charge in [0.2, 0.25) is 5.91 Å². The first-order valence-electron chi connectivity index (χ1n) is 8.84. The summed E-state index contributed by atoms with van der Waals surface area (Å²) in [6.45, 7) is 7.58. The van der Waals surface area contributed by atoms with Gasteiger partial charge in [0.25, 0.3) is 0 Å². The number of carbonyl (C=O) groups excluding carboxylic acids is 1. The lowest BCUT2D eigenvalue weighted by atomic mass is 10.2. The zero-order valence-electron chi connectivity index (χ0n) is 15.0. The summed E-state index contributed by atoms with van der Waals surface area (Å²) in [5.74, 6) is 0.132. The molecule has 26 heavy (non-hydrogen) atoms. The van der Waals surface area contributed by atoms with E-state index in [0.717, 1.165) is 35.5 Å². The Kier molecular flexibility index (Phi) is 4.42. The van der Waals surface area contributed by atoms with Crippen LogP contribution in [0.15, 0.2) is 35.2 Å². The molecule has 8 heteroatoms. The Morgan fingerprint density at radius 3 is 2.69 bits per heavy atom. The number of hydrogen-bond acceptors (Lipinski definition) is 6. The minimum atomic E-state index is -0.268. The van der Waals surface area contributed by atoms with E-state index in [9.17, 15) is 4.79 Å². The first-order chi connectivity index (χ1) is 12.6. The van der Waals surface area contributed by atoms with Crippen LogP contribution in [0, 0.1) is 6.92 Å². The Hall–Kier alpha value is -2.74. The van der Waals surface area contributed by atoms with Crippen molar-refractivity contribution in [1.29, 1.82) is 0 Å². The van der Waals surface area contributed by atoms with Crippen molar-refractivity contribution in [3.8, 4) is 0 Å². The van der Waals surface area contributed by atoms with Crippen LogP contribution < -0.4 is 0 Å². The number of imidazole rings is 1. The van der Waals surface area contributed by atoms with Crippen LogP contribution in [0.3, 0.4) is 0 Å². The number of benzene rings is 1. The van der Waals surface area contributed by atoms with Gasteiger partial charge in [-0.25, -0.2) is 9.61 Å². The molecule has 1 saturated heterocycles. The van der Waals surface area contributed by atoms with Crippen LogP contribution in [0.1, 0.15) is 24.4 Å². The largest absolute Gasteiger partial charge is 0.338 e. The van der Waals surface area contributed by atoms with Gasteiger partial charge in [-0.05, 0) is 26.0 Å². The van der Waals surface area contributed by atoms with Gasteiger partial charge in [0.05, 0.1) is 17.4 Å². The maximum atomic E-state index is 12.9. The molecule has 0 N–H and O–H groups in total. The molecule has 1 fully saturated rings. The predicted molar refractivity (Wildman–Crippen MR) is 95.3 cm³/mol. The Morgan fingerprint density at radius 1 is 1.19 bits per heavy atom. The molecule has 1 aromatic carbocycles. The molecule has 3 aromatic rings. The lowest BCUT2D eigenvalue weighted by Crippen LogP contribution is -2.49. The number of rotatable bonds is 4. The lowest BCUT2D eigenvalue weighted by molar-refractivity contribution is -0.136. The average molecular weight is 354 g/mol. The molecule has 0 spiro atoms. The number of para-hydroxylation sites is 2. The molecular weight excluding hydrogens is 332 g/mol. The van der Waals surface area contributed by atoms with E-state index in [1.807, 2.05) is 47.6 Å². The van der Waals surface area contributed by atoms with Crippen molar-refractivity contribution in [3.63, 3.8) is 0 Å². The highest BCUT2D eigenvalue weighted by molar-refractivity contribution is 5.83. The van der Waals surface area contributed by atoms with E-state index in [1.54, 1.807) is 6.33 Å². The van der Waals surface area contributed by atoms with Crippen molar-refractivity contribution in [3.05, 3.63) is 42.0 Å². The molecule has 3 heterocycles. The number of fused-ring (bicyclic) bond motifs is 1. The van der Waals surface area contributed by atoms with E-state index in [2.05, 4.69) is 20.2 Å². The second-order valence-corrected chi connectivity index (χ2v) is 6.71. The van der Waals surface area contributed by atoms with Crippen molar-refractivity contribution < 1.29 is 9.42 Å². The minimum absolute atomic E-state index is 0.132. The number of nitrogens with zero attached hydrogens (tertiary/aromatic N) is 6. The molecular formula is C18H22N6O2. The number of aromatic nitrogens is 4. The number of carbonyl (C=O) groups is 1.